The van der Waals surface area contributed by atoms with Crippen LogP contribution in [0.5, 0.6) is 0 Å². The molecule has 1 aliphatic heterocycles. The van der Waals surface area contributed by atoms with Crippen molar-refractivity contribution in [2.24, 2.45) is 17.8 Å². The van der Waals surface area contributed by atoms with Gasteiger partial charge in [-0.3, -0.25) is 9.59 Å². The van der Waals surface area contributed by atoms with Crippen LogP contribution in [0.1, 0.15) is 77.5 Å². The zero-order valence-electron chi connectivity index (χ0n) is 23.4. The number of nitrogens with zero attached hydrogens (tertiary/aromatic N) is 1. The number of hydrogen-bond donors (Lipinski definition) is 0. The molecule has 0 unspecified atom stereocenters. The molecule has 4 nitrogen and oxygen atoms in total. The van der Waals surface area contributed by atoms with E-state index >= 15 is 0 Å². The van der Waals surface area contributed by atoms with E-state index in [9.17, 15) is 9.59 Å². The van der Waals surface area contributed by atoms with E-state index in [2.05, 4.69) is 63.8 Å². The van der Waals surface area contributed by atoms with E-state index in [-0.39, 0.29) is 29.7 Å². The van der Waals surface area contributed by atoms with Crippen molar-refractivity contribution in [3.63, 3.8) is 0 Å². The minimum absolute atomic E-state index is 0.0143. The van der Waals surface area contributed by atoms with Crippen LogP contribution >= 0.6 is 0 Å². The fraction of sp³-hybridized carbons (Fsp3) is 0.562. The zero-order valence-corrected chi connectivity index (χ0v) is 24.4. The molecular weight excluding hydrogens is 474 g/mol. The molecule has 0 radical (unpaired) electrons. The highest BCUT2D eigenvalue weighted by Crippen LogP contribution is 2.54. The van der Waals surface area contributed by atoms with Gasteiger partial charge in [0.25, 0.3) is 0 Å². The van der Waals surface area contributed by atoms with E-state index in [4.69, 9.17) is 4.43 Å². The lowest BCUT2D eigenvalue weighted by molar-refractivity contribution is -0.140. The third kappa shape index (κ3) is 5.49. The van der Waals surface area contributed by atoms with Gasteiger partial charge in [0.05, 0.1) is 11.6 Å². The van der Waals surface area contributed by atoms with Crippen LogP contribution in [0.15, 0.2) is 60.7 Å². The number of amides is 1. The molecule has 0 aromatic heterocycles. The quantitative estimate of drug-likeness (QED) is 0.228. The van der Waals surface area contributed by atoms with Crippen molar-refractivity contribution in [3.8, 4) is 0 Å². The van der Waals surface area contributed by atoms with E-state index < -0.39 is 13.9 Å². The average Bonchev–Trinajstić information content (AvgIpc) is 3.22. The first kappa shape index (κ1) is 27.8. The first-order valence-electron chi connectivity index (χ1n) is 14.4. The fourth-order valence-corrected chi connectivity index (χ4v) is 9.74. The van der Waals surface area contributed by atoms with Gasteiger partial charge in [0.15, 0.2) is 8.32 Å². The topological polar surface area (TPSA) is 46.6 Å². The van der Waals surface area contributed by atoms with Crippen molar-refractivity contribution < 1.29 is 14.0 Å². The summed E-state index contributed by atoms with van der Waals surface area (Å²) in [5.41, 5.74) is 1.77. The molecule has 1 saturated heterocycles. The second-order valence-electron chi connectivity index (χ2n) is 11.6. The summed E-state index contributed by atoms with van der Waals surface area (Å²) in [6.45, 7) is 11.8. The smallest absolute Gasteiger partial charge is 0.227 e. The van der Waals surface area contributed by atoms with Crippen LogP contribution in [0, 0.1) is 17.8 Å². The predicted octanol–water partition coefficient (Wildman–Crippen LogP) is 7.52. The van der Waals surface area contributed by atoms with Gasteiger partial charge in [-0.1, -0.05) is 81.4 Å². The number of Topliss-reactive ketones (excluding diaryl/α,β-unsaturated/α-hetero) is 1. The van der Waals surface area contributed by atoms with Gasteiger partial charge >= 0.3 is 0 Å². The highest BCUT2D eigenvalue weighted by atomic mass is 28.4. The average molecular weight is 520 g/mol. The van der Waals surface area contributed by atoms with Crippen molar-refractivity contribution >= 4 is 20.0 Å². The maximum absolute atomic E-state index is 14.4. The summed E-state index contributed by atoms with van der Waals surface area (Å²) in [4.78, 5) is 29.6. The van der Waals surface area contributed by atoms with Crippen molar-refractivity contribution in [1.82, 2.24) is 4.90 Å². The monoisotopic (exact) mass is 519 g/mol. The highest BCUT2D eigenvalue weighted by molar-refractivity contribution is 6.73. The molecule has 0 bridgehead atoms. The summed E-state index contributed by atoms with van der Waals surface area (Å²) < 4.78 is 6.52. The Bertz CT molecular complexity index is 1040. The van der Waals surface area contributed by atoms with E-state index in [0.29, 0.717) is 18.6 Å². The van der Waals surface area contributed by atoms with Crippen LogP contribution < -0.4 is 0 Å². The standard InChI is InChI=1S/C32H45NO3Si/c1-6-37(7-2,8-3)36-21-15-18-25-22-27(34)23-28-29(25)31(35)33(30(28)24-16-11-9-12-17-24)32(4,5)26-19-13-10-14-20-26/h9-14,16-17,19-20,25,28-30H,6-8,15,18,21-23H2,1-5H3/t25-,28-,29+,30+/m0/s1. The maximum Gasteiger partial charge on any atom is 0.227 e. The van der Waals surface area contributed by atoms with Gasteiger partial charge in [0, 0.05) is 31.3 Å². The van der Waals surface area contributed by atoms with E-state index in [1.54, 1.807) is 0 Å². The Morgan fingerprint density at radius 2 is 1.49 bits per heavy atom. The van der Waals surface area contributed by atoms with Crippen molar-refractivity contribution in [1.29, 1.82) is 0 Å². The van der Waals surface area contributed by atoms with Gasteiger partial charge in [-0.25, -0.2) is 0 Å². The third-order valence-electron chi connectivity index (χ3n) is 9.41. The molecule has 1 heterocycles. The first-order valence-corrected chi connectivity index (χ1v) is 16.9. The second-order valence-corrected chi connectivity index (χ2v) is 16.4. The van der Waals surface area contributed by atoms with Crippen molar-refractivity contribution in [3.05, 3.63) is 71.8 Å². The predicted molar refractivity (Wildman–Crippen MR) is 153 cm³/mol. The van der Waals surface area contributed by atoms with E-state index in [1.807, 2.05) is 36.4 Å². The minimum Gasteiger partial charge on any atom is -0.417 e. The zero-order chi connectivity index (χ0) is 26.6. The molecule has 1 aliphatic carbocycles. The Balaban J connectivity index is 1.62. The number of hydrogen-bond acceptors (Lipinski definition) is 3. The van der Waals surface area contributed by atoms with Gasteiger partial charge in [-0.2, -0.15) is 0 Å². The number of fused-ring (bicyclic) bond motifs is 1. The summed E-state index contributed by atoms with van der Waals surface area (Å²) >= 11 is 0. The number of benzene rings is 2. The molecule has 1 amide bonds. The third-order valence-corrected chi connectivity index (χ3v) is 14.1. The van der Waals surface area contributed by atoms with Crippen molar-refractivity contribution in [2.75, 3.05) is 6.61 Å². The van der Waals surface area contributed by atoms with Gasteiger partial charge in [-0.05, 0) is 61.9 Å². The maximum atomic E-state index is 14.4. The van der Waals surface area contributed by atoms with Crippen LogP contribution in [0.2, 0.25) is 18.1 Å². The van der Waals surface area contributed by atoms with E-state index in [0.717, 1.165) is 48.7 Å². The number of carbonyl (C=O) groups excluding carboxylic acids is 2. The molecule has 200 valence electrons. The largest absolute Gasteiger partial charge is 0.417 e. The molecule has 4 atom stereocenters. The molecule has 0 N–H and O–H groups in total. The molecular formula is C32H45NO3Si. The Hall–Kier alpha value is -2.24. The second kappa shape index (κ2) is 11.7. The fourth-order valence-electron chi connectivity index (χ4n) is 7.05. The Morgan fingerprint density at radius 3 is 2.08 bits per heavy atom. The Kier molecular flexibility index (Phi) is 8.75. The SMILES string of the molecule is CC[Si](CC)(CC)OCCC[C@H]1CC(=O)C[C@H]2[C@@H]1C(=O)N(C(C)(C)c1ccccc1)[C@@H]2c1ccccc1. The van der Waals surface area contributed by atoms with Crippen molar-refractivity contribution in [2.45, 2.75) is 90.0 Å². The normalized spacial score (nSPS) is 24.4. The lowest BCUT2D eigenvalue weighted by atomic mass is 9.68. The number of ketones is 1. The van der Waals surface area contributed by atoms with Gasteiger partial charge < -0.3 is 9.33 Å². The first-order chi connectivity index (χ1) is 17.8. The number of likely N-dealkylation sites (tertiary alicyclic amines) is 1. The lowest BCUT2D eigenvalue weighted by Gasteiger charge is -2.42. The molecule has 2 aliphatic rings. The minimum atomic E-state index is -1.63. The number of carbonyl (C=O) groups is 2. The molecule has 2 aromatic carbocycles. The van der Waals surface area contributed by atoms with Crippen LogP contribution in [0.3, 0.4) is 0 Å². The Labute approximate surface area is 224 Å². The lowest BCUT2D eigenvalue weighted by Crippen LogP contribution is -2.45. The van der Waals surface area contributed by atoms with Crippen LogP contribution in [0.25, 0.3) is 0 Å². The van der Waals surface area contributed by atoms with Gasteiger partial charge in [0.1, 0.15) is 5.78 Å². The van der Waals surface area contributed by atoms with Gasteiger partial charge in [0.2, 0.25) is 5.91 Å². The molecule has 0 spiro atoms. The summed E-state index contributed by atoms with van der Waals surface area (Å²) in [6, 6.07) is 24.0. The van der Waals surface area contributed by atoms with Crippen LogP contribution in [-0.4, -0.2) is 31.5 Å². The highest BCUT2D eigenvalue weighted by Gasteiger charge is 2.57. The molecule has 37 heavy (non-hydrogen) atoms. The molecule has 2 fully saturated rings. The van der Waals surface area contributed by atoms with Crippen LogP contribution in [-0.2, 0) is 19.6 Å². The molecule has 2 aromatic rings. The summed E-state index contributed by atoms with van der Waals surface area (Å²) in [5, 5.41) is 0. The molecule has 1 saturated carbocycles. The summed E-state index contributed by atoms with van der Waals surface area (Å²) in [5.74, 6) is 0.508. The summed E-state index contributed by atoms with van der Waals surface area (Å²) in [7, 11) is -1.63. The Morgan fingerprint density at radius 1 is 0.892 bits per heavy atom. The number of rotatable bonds is 11. The molecule has 5 heteroatoms. The molecule has 4 rings (SSSR count). The van der Waals surface area contributed by atoms with Crippen LogP contribution in [0.4, 0.5) is 0 Å². The van der Waals surface area contributed by atoms with Gasteiger partial charge in [-0.15, -0.1) is 0 Å². The van der Waals surface area contributed by atoms with E-state index in [1.165, 1.54) is 0 Å². The summed E-state index contributed by atoms with van der Waals surface area (Å²) in [6.07, 6.45) is 2.80.